The van der Waals surface area contributed by atoms with Crippen molar-refractivity contribution in [3.05, 3.63) is 77.9 Å². The molecule has 0 saturated heterocycles. The van der Waals surface area contributed by atoms with Gasteiger partial charge >= 0.3 is 5.97 Å². The monoisotopic (exact) mass is 363 g/mol. The minimum atomic E-state index is -1.09. The van der Waals surface area contributed by atoms with Crippen LogP contribution >= 0.6 is 0 Å². The number of amides is 1. The predicted molar refractivity (Wildman–Crippen MR) is 104 cm³/mol. The van der Waals surface area contributed by atoms with Gasteiger partial charge in [0.15, 0.2) is 0 Å². The highest BCUT2D eigenvalue weighted by molar-refractivity contribution is 6.08. The minimum absolute atomic E-state index is 0.111. The van der Waals surface area contributed by atoms with Crippen molar-refractivity contribution in [2.24, 2.45) is 0 Å². The van der Waals surface area contributed by atoms with Gasteiger partial charge in [-0.05, 0) is 41.0 Å². The Labute approximate surface area is 157 Å². The number of carboxylic acids is 1. The lowest BCUT2D eigenvalue weighted by Gasteiger charge is -2.24. The van der Waals surface area contributed by atoms with Crippen LogP contribution in [-0.2, 0) is 4.79 Å². The van der Waals surface area contributed by atoms with Crippen molar-refractivity contribution in [3.8, 4) is 5.75 Å². The Kier molecular flexibility index (Phi) is 5.41. The molecule has 3 aromatic rings. The van der Waals surface area contributed by atoms with Crippen molar-refractivity contribution in [3.63, 3.8) is 0 Å². The lowest BCUT2D eigenvalue weighted by atomic mass is 9.88. The smallest absolute Gasteiger partial charge is 0.326 e. The number of aliphatic carboxylic acids is 1. The number of fused-ring (bicyclic) bond motifs is 1. The zero-order chi connectivity index (χ0) is 19.4. The molecule has 5 heteroatoms. The van der Waals surface area contributed by atoms with E-state index in [-0.39, 0.29) is 5.75 Å². The molecule has 2 atom stereocenters. The fourth-order valence-corrected chi connectivity index (χ4v) is 3.36. The third-order valence-corrected chi connectivity index (χ3v) is 4.75. The highest BCUT2D eigenvalue weighted by atomic mass is 16.4. The van der Waals surface area contributed by atoms with Gasteiger partial charge in [-0.25, -0.2) is 4.79 Å². The molecule has 2 unspecified atom stereocenters. The number of carbonyl (C=O) groups is 2. The fraction of sp³-hybridized carbons (Fsp3) is 0.182. The third kappa shape index (κ3) is 3.92. The Morgan fingerprint density at radius 1 is 0.963 bits per heavy atom. The molecule has 0 spiro atoms. The van der Waals surface area contributed by atoms with E-state index in [1.165, 1.54) is 12.1 Å². The highest BCUT2D eigenvalue weighted by Gasteiger charge is 2.30. The first-order valence-corrected chi connectivity index (χ1v) is 8.81. The van der Waals surface area contributed by atoms with Gasteiger partial charge < -0.3 is 15.5 Å². The standard InChI is InChI=1S/C22H21NO4/c1-2-17(15-10-12-16(24)13-11-15)20(22(26)27)23-21(25)19-9-5-7-14-6-3-4-8-18(14)19/h3-13,17,20,24H,2H2,1H3,(H,23,25)(H,26,27). The van der Waals surface area contributed by atoms with Crippen molar-refractivity contribution < 1.29 is 19.8 Å². The van der Waals surface area contributed by atoms with Gasteiger partial charge in [0.2, 0.25) is 0 Å². The Morgan fingerprint density at radius 3 is 2.30 bits per heavy atom. The van der Waals surface area contributed by atoms with Gasteiger partial charge in [-0.3, -0.25) is 4.79 Å². The molecule has 0 radical (unpaired) electrons. The van der Waals surface area contributed by atoms with Crippen LogP contribution in [0.5, 0.6) is 5.75 Å². The molecule has 3 aromatic carbocycles. The van der Waals surface area contributed by atoms with Gasteiger partial charge in [-0.1, -0.05) is 55.5 Å². The molecule has 0 fully saturated rings. The summed E-state index contributed by atoms with van der Waals surface area (Å²) in [5, 5.41) is 23.6. The van der Waals surface area contributed by atoms with Crippen LogP contribution in [0.1, 0.15) is 35.2 Å². The Bertz CT molecular complexity index is 960. The number of benzene rings is 3. The normalized spacial score (nSPS) is 13.1. The van der Waals surface area contributed by atoms with Gasteiger partial charge in [0.1, 0.15) is 11.8 Å². The van der Waals surface area contributed by atoms with Crippen molar-refractivity contribution in [2.75, 3.05) is 0 Å². The number of rotatable bonds is 6. The second-order valence-corrected chi connectivity index (χ2v) is 6.42. The Hall–Kier alpha value is -3.34. The van der Waals surface area contributed by atoms with E-state index in [2.05, 4.69) is 5.32 Å². The van der Waals surface area contributed by atoms with E-state index in [4.69, 9.17) is 0 Å². The van der Waals surface area contributed by atoms with Crippen LogP contribution in [0.25, 0.3) is 10.8 Å². The topological polar surface area (TPSA) is 86.6 Å². The molecule has 0 aliphatic heterocycles. The van der Waals surface area contributed by atoms with Crippen LogP contribution in [0.4, 0.5) is 0 Å². The molecular weight excluding hydrogens is 342 g/mol. The first kappa shape index (κ1) is 18.5. The highest BCUT2D eigenvalue weighted by Crippen LogP contribution is 2.26. The first-order chi connectivity index (χ1) is 13.0. The minimum Gasteiger partial charge on any atom is -0.508 e. The molecule has 0 bridgehead atoms. The number of hydrogen-bond donors (Lipinski definition) is 3. The lowest BCUT2D eigenvalue weighted by molar-refractivity contribution is -0.139. The lowest BCUT2D eigenvalue weighted by Crippen LogP contribution is -2.45. The van der Waals surface area contributed by atoms with E-state index >= 15 is 0 Å². The number of nitrogens with one attached hydrogen (secondary N) is 1. The molecule has 138 valence electrons. The molecule has 5 nitrogen and oxygen atoms in total. The number of phenols is 1. The summed E-state index contributed by atoms with van der Waals surface area (Å²) >= 11 is 0. The molecule has 0 aliphatic carbocycles. The van der Waals surface area contributed by atoms with E-state index in [1.54, 1.807) is 24.3 Å². The molecule has 0 saturated carbocycles. The Balaban J connectivity index is 1.92. The van der Waals surface area contributed by atoms with E-state index < -0.39 is 23.8 Å². The van der Waals surface area contributed by atoms with Gasteiger partial charge in [-0.2, -0.15) is 0 Å². The molecule has 3 N–H and O–H groups in total. The molecule has 3 rings (SSSR count). The summed E-state index contributed by atoms with van der Waals surface area (Å²) in [6.07, 6.45) is 0.525. The quantitative estimate of drug-likeness (QED) is 0.619. The summed E-state index contributed by atoms with van der Waals surface area (Å²) in [6, 6.07) is 18.2. The summed E-state index contributed by atoms with van der Waals surface area (Å²) in [4.78, 5) is 24.8. The second-order valence-electron chi connectivity index (χ2n) is 6.42. The van der Waals surface area contributed by atoms with Crippen molar-refractivity contribution in [1.82, 2.24) is 5.32 Å². The maximum Gasteiger partial charge on any atom is 0.326 e. The van der Waals surface area contributed by atoms with E-state index in [0.29, 0.717) is 12.0 Å². The third-order valence-electron chi connectivity index (χ3n) is 4.75. The van der Waals surface area contributed by atoms with Crippen molar-refractivity contribution >= 4 is 22.6 Å². The van der Waals surface area contributed by atoms with Crippen LogP contribution < -0.4 is 5.32 Å². The van der Waals surface area contributed by atoms with Crippen LogP contribution in [0.3, 0.4) is 0 Å². The maximum absolute atomic E-state index is 12.9. The van der Waals surface area contributed by atoms with Crippen molar-refractivity contribution in [2.45, 2.75) is 25.3 Å². The molecule has 0 aromatic heterocycles. The number of hydrogen-bond acceptors (Lipinski definition) is 3. The summed E-state index contributed by atoms with van der Waals surface area (Å²) in [5.41, 5.74) is 1.20. The van der Waals surface area contributed by atoms with Gasteiger partial charge in [-0.15, -0.1) is 0 Å². The largest absolute Gasteiger partial charge is 0.508 e. The summed E-state index contributed by atoms with van der Waals surface area (Å²) in [7, 11) is 0. The van der Waals surface area contributed by atoms with Gasteiger partial charge in [0.05, 0.1) is 0 Å². The van der Waals surface area contributed by atoms with Crippen LogP contribution in [0, 0.1) is 0 Å². The first-order valence-electron chi connectivity index (χ1n) is 8.81. The average molecular weight is 363 g/mol. The second kappa shape index (κ2) is 7.91. The maximum atomic E-state index is 12.9. The van der Waals surface area contributed by atoms with Gasteiger partial charge in [0.25, 0.3) is 5.91 Å². The zero-order valence-corrected chi connectivity index (χ0v) is 14.9. The van der Waals surface area contributed by atoms with Crippen molar-refractivity contribution in [1.29, 1.82) is 0 Å². The number of phenolic OH excluding ortho intramolecular Hbond substituents is 1. The summed E-state index contributed by atoms with van der Waals surface area (Å²) < 4.78 is 0. The van der Waals surface area contributed by atoms with E-state index in [9.17, 15) is 19.8 Å². The Morgan fingerprint density at radius 2 is 1.63 bits per heavy atom. The number of aromatic hydroxyl groups is 1. The zero-order valence-electron chi connectivity index (χ0n) is 14.9. The summed E-state index contributed by atoms with van der Waals surface area (Å²) in [5.74, 6) is -1.82. The van der Waals surface area contributed by atoms with E-state index in [1.807, 2.05) is 37.3 Å². The van der Waals surface area contributed by atoms with Crippen LogP contribution in [0.2, 0.25) is 0 Å². The van der Waals surface area contributed by atoms with Gasteiger partial charge in [0, 0.05) is 11.5 Å². The number of carbonyl (C=O) groups excluding carboxylic acids is 1. The van der Waals surface area contributed by atoms with Crippen LogP contribution in [0.15, 0.2) is 66.7 Å². The SMILES string of the molecule is CCC(c1ccc(O)cc1)C(NC(=O)c1cccc2ccccc12)C(=O)O. The molecule has 27 heavy (non-hydrogen) atoms. The fourth-order valence-electron chi connectivity index (χ4n) is 3.36. The van der Waals surface area contributed by atoms with E-state index in [0.717, 1.165) is 16.3 Å². The molecule has 0 heterocycles. The molecule has 1 amide bonds. The summed E-state index contributed by atoms with van der Waals surface area (Å²) in [6.45, 7) is 1.87. The molecule has 0 aliphatic rings. The predicted octanol–water partition coefficient (Wildman–Crippen LogP) is 3.92. The van der Waals surface area contributed by atoms with Crippen LogP contribution in [-0.4, -0.2) is 28.1 Å². The average Bonchev–Trinajstić information content (AvgIpc) is 2.68. The number of carboxylic acid groups (broad SMARTS) is 1. The molecular formula is C22H21NO4.